The lowest BCUT2D eigenvalue weighted by Gasteiger charge is -1.93. The number of hydrogen-bond donors (Lipinski definition) is 2. The largest absolute Gasteiger partial charge is 0.340 e. The van der Waals surface area contributed by atoms with Gasteiger partial charge in [0, 0.05) is 13.2 Å². The van der Waals surface area contributed by atoms with Crippen LogP contribution in [0.2, 0.25) is 0 Å². The smallest absolute Gasteiger partial charge is 0.214 e. The van der Waals surface area contributed by atoms with Crippen molar-refractivity contribution < 1.29 is 0 Å². The minimum absolute atomic E-state index is 0.376. The van der Waals surface area contributed by atoms with Gasteiger partial charge in [-0.1, -0.05) is 0 Å². The van der Waals surface area contributed by atoms with E-state index in [1.165, 1.54) is 4.68 Å². The highest BCUT2D eigenvalue weighted by molar-refractivity contribution is 7.71. The molecule has 0 aliphatic carbocycles. The number of nitrogens with one attached hydrogen (secondary N) is 1. The fraction of sp³-hybridized carbons (Fsp3) is 0.167. The van der Waals surface area contributed by atoms with E-state index in [0.717, 1.165) is 0 Å². The van der Waals surface area contributed by atoms with Gasteiger partial charge in [0.1, 0.15) is 5.69 Å². The van der Waals surface area contributed by atoms with Crippen molar-refractivity contribution in [3.05, 3.63) is 17.3 Å². The number of aryl methyl sites for hydroxylation is 1. The first kappa shape index (κ1) is 7.99. The Balaban J connectivity index is 2.58. The molecule has 0 aliphatic rings. The first-order valence-electron chi connectivity index (χ1n) is 3.59. The lowest BCUT2D eigenvalue weighted by atomic mass is 10.4. The first-order valence-corrected chi connectivity index (χ1v) is 4.00. The Labute approximate surface area is 79.0 Å². The molecule has 0 atom stereocenters. The van der Waals surface area contributed by atoms with Crippen molar-refractivity contribution in [2.45, 2.75) is 0 Å². The molecule has 2 aromatic heterocycles. The van der Waals surface area contributed by atoms with E-state index in [9.17, 15) is 0 Å². The number of nitrogens with zero attached hydrogens (tertiary/aromatic N) is 4. The highest BCUT2D eigenvalue weighted by atomic mass is 32.1. The highest BCUT2D eigenvalue weighted by Crippen LogP contribution is 2.10. The zero-order chi connectivity index (χ0) is 9.42. The van der Waals surface area contributed by atoms with E-state index in [0.29, 0.717) is 16.3 Å². The Morgan fingerprint density at radius 2 is 2.38 bits per heavy atom. The molecule has 0 amide bonds. The van der Waals surface area contributed by atoms with Crippen molar-refractivity contribution in [3.8, 4) is 11.5 Å². The lowest BCUT2D eigenvalue weighted by molar-refractivity contribution is 0.913. The number of nitrogen functional groups attached to an aromatic ring is 1. The van der Waals surface area contributed by atoms with Crippen LogP contribution in [0.5, 0.6) is 0 Å². The van der Waals surface area contributed by atoms with Crippen LogP contribution in [0.1, 0.15) is 0 Å². The van der Waals surface area contributed by atoms with Gasteiger partial charge in [-0.25, -0.2) is 14.8 Å². The van der Waals surface area contributed by atoms with E-state index < -0.39 is 0 Å². The first-order chi connectivity index (χ1) is 6.18. The number of hydrogen-bond acceptors (Lipinski definition) is 4. The Hall–Kier alpha value is -1.63. The third kappa shape index (κ3) is 1.22. The van der Waals surface area contributed by atoms with Crippen LogP contribution in [0.15, 0.2) is 12.5 Å². The molecule has 0 fully saturated rings. The number of aromatic nitrogens is 5. The van der Waals surface area contributed by atoms with Gasteiger partial charge in [-0.2, -0.15) is 5.10 Å². The van der Waals surface area contributed by atoms with Gasteiger partial charge in [0.15, 0.2) is 0 Å². The van der Waals surface area contributed by atoms with Crippen molar-refractivity contribution in [1.29, 1.82) is 0 Å². The second-order valence-electron chi connectivity index (χ2n) is 2.65. The Kier molecular flexibility index (Phi) is 1.66. The zero-order valence-electron chi connectivity index (χ0n) is 6.93. The average molecular weight is 196 g/mol. The van der Waals surface area contributed by atoms with Crippen LogP contribution >= 0.6 is 12.2 Å². The van der Waals surface area contributed by atoms with Crippen LogP contribution in [0.3, 0.4) is 0 Å². The fourth-order valence-electron chi connectivity index (χ4n) is 1.01. The molecule has 0 saturated heterocycles. The molecule has 0 unspecified atom stereocenters. The summed E-state index contributed by atoms with van der Waals surface area (Å²) in [5, 5.41) is 6.53. The second-order valence-corrected chi connectivity index (χ2v) is 3.03. The Bertz CT molecular complexity index is 477. The molecule has 0 aliphatic heterocycles. The summed E-state index contributed by atoms with van der Waals surface area (Å²) in [5.74, 6) is 6.15. The maximum absolute atomic E-state index is 5.61. The highest BCUT2D eigenvalue weighted by Gasteiger charge is 2.07. The van der Waals surface area contributed by atoms with E-state index in [2.05, 4.69) is 15.2 Å². The molecule has 7 heteroatoms. The molecule has 68 valence electrons. The molecule has 0 aromatic carbocycles. The number of imidazole rings is 1. The van der Waals surface area contributed by atoms with Crippen molar-refractivity contribution in [2.24, 2.45) is 7.05 Å². The predicted molar refractivity (Wildman–Crippen MR) is 49.8 cm³/mol. The van der Waals surface area contributed by atoms with Crippen LogP contribution in [0.4, 0.5) is 0 Å². The molecule has 0 bridgehead atoms. The van der Waals surface area contributed by atoms with E-state index in [4.69, 9.17) is 18.1 Å². The molecule has 0 saturated carbocycles. The molecule has 2 rings (SSSR count). The number of nitrogens with two attached hydrogens (primary N) is 1. The van der Waals surface area contributed by atoms with Crippen LogP contribution in [-0.2, 0) is 7.05 Å². The summed E-state index contributed by atoms with van der Waals surface area (Å²) in [6, 6.07) is 0. The molecule has 13 heavy (non-hydrogen) atoms. The standard InChI is InChI=1S/C6H8N6S/c1-11-2-4(8-3-11)5-9-10-6(13)12(5)7/h2-3H,7H2,1H3,(H,10,13). The van der Waals surface area contributed by atoms with Crippen LogP contribution in [0.25, 0.3) is 11.5 Å². The summed E-state index contributed by atoms with van der Waals surface area (Å²) in [5.41, 5.74) is 0.692. The third-order valence-corrected chi connectivity index (χ3v) is 1.93. The van der Waals surface area contributed by atoms with Gasteiger partial charge in [0.2, 0.25) is 10.6 Å². The van der Waals surface area contributed by atoms with Crippen molar-refractivity contribution >= 4 is 12.2 Å². The lowest BCUT2D eigenvalue weighted by Crippen LogP contribution is -2.09. The van der Waals surface area contributed by atoms with Gasteiger partial charge in [-0.15, -0.1) is 0 Å². The van der Waals surface area contributed by atoms with E-state index in [1.54, 1.807) is 6.33 Å². The molecule has 2 heterocycles. The molecule has 6 nitrogen and oxygen atoms in total. The van der Waals surface area contributed by atoms with E-state index >= 15 is 0 Å². The monoisotopic (exact) mass is 196 g/mol. The van der Waals surface area contributed by atoms with Gasteiger partial charge in [-0.3, -0.25) is 0 Å². The summed E-state index contributed by atoms with van der Waals surface area (Å²) >= 11 is 4.87. The number of aromatic amines is 1. The van der Waals surface area contributed by atoms with Crippen molar-refractivity contribution in [2.75, 3.05) is 5.84 Å². The fourth-order valence-corrected chi connectivity index (χ4v) is 1.15. The summed E-state index contributed by atoms with van der Waals surface area (Å²) in [6.07, 6.45) is 3.49. The molecule has 2 aromatic rings. The summed E-state index contributed by atoms with van der Waals surface area (Å²) in [6.45, 7) is 0. The molecular weight excluding hydrogens is 188 g/mol. The molecule has 0 radical (unpaired) electrons. The maximum Gasteiger partial charge on any atom is 0.214 e. The number of H-pyrrole nitrogens is 1. The average Bonchev–Trinajstić information content (AvgIpc) is 2.62. The summed E-state index contributed by atoms with van der Waals surface area (Å²) in [4.78, 5) is 4.09. The number of rotatable bonds is 1. The molecule has 3 N–H and O–H groups in total. The second kappa shape index (κ2) is 2.70. The Morgan fingerprint density at radius 1 is 1.62 bits per heavy atom. The SMILES string of the molecule is Cn1cnc(-c2n[nH]c(=S)n2N)c1. The predicted octanol–water partition coefficient (Wildman–Crippen LogP) is 0.0550. The van der Waals surface area contributed by atoms with Gasteiger partial charge in [0.05, 0.1) is 6.33 Å². The molecule has 0 spiro atoms. The quantitative estimate of drug-likeness (QED) is 0.499. The minimum Gasteiger partial charge on any atom is -0.340 e. The Morgan fingerprint density at radius 3 is 2.85 bits per heavy atom. The summed E-state index contributed by atoms with van der Waals surface area (Å²) < 4.78 is 3.48. The van der Waals surface area contributed by atoms with Gasteiger partial charge >= 0.3 is 0 Å². The van der Waals surface area contributed by atoms with Crippen LogP contribution in [-0.4, -0.2) is 24.4 Å². The minimum atomic E-state index is 0.376. The van der Waals surface area contributed by atoms with Gasteiger partial charge in [-0.05, 0) is 12.2 Å². The van der Waals surface area contributed by atoms with E-state index in [1.807, 2.05) is 17.8 Å². The third-order valence-electron chi connectivity index (χ3n) is 1.64. The maximum atomic E-state index is 5.61. The zero-order valence-corrected chi connectivity index (χ0v) is 7.75. The normalized spacial score (nSPS) is 10.5. The van der Waals surface area contributed by atoms with Gasteiger partial charge in [0.25, 0.3) is 0 Å². The van der Waals surface area contributed by atoms with Gasteiger partial charge < -0.3 is 10.4 Å². The van der Waals surface area contributed by atoms with Crippen molar-refractivity contribution in [3.63, 3.8) is 0 Å². The topological polar surface area (TPSA) is 77.5 Å². The van der Waals surface area contributed by atoms with Crippen molar-refractivity contribution in [1.82, 2.24) is 24.4 Å². The van der Waals surface area contributed by atoms with Crippen LogP contribution in [0, 0.1) is 4.77 Å². The molecular formula is C6H8N6S. The summed E-state index contributed by atoms with van der Waals surface area (Å²) in [7, 11) is 1.87. The van der Waals surface area contributed by atoms with Crippen LogP contribution < -0.4 is 5.84 Å². The van der Waals surface area contributed by atoms with E-state index in [-0.39, 0.29) is 0 Å².